The largest absolute Gasteiger partial charge is 0.508 e. The summed E-state index contributed by atoms with van der Waals surface area (Å²) in [5.74, 6) is 0.199. The SMILES string of the molecule is CCOCCCNC(C)c1ccc(O)cc1O. The first-order chi connectivity index (χ1) is 8.15. The number of ether oxygens (including phenoxy) is 1. The molecule has 0 spiro atoms. The van der Waals surface area contributed by atoms with Crippen LogP contribution in [0.5, 0.6) is 11.5 Å². The Bertz CT molecular complexity index is 341. The topological polar surface area (TPSA) is 61.7 Å². The Morgan fingerprint density at radius 2 is 2.12 bits per heavy atom. The van der Waals surface area contributed by atoms with Gasteiger partial charge in [0, 0.05) is 30.9 Å². The second-order valence-corrected chi connectivity index (χ2v) is 3.97. The van der Waals surface area contributed by atoms with Gasteiger partial charge in [-0.1, -0.05) is 6.07 Å². The van der Waals surface area contributed by atoms with Crippen molar-refractivity contribution in [3.63, 3.8) is 0 Å². The summed E-state index contributed by atoms with van der Waals surface area (Å²) in [6.07, 6.45) is 0.941. The van der Waals surface area contributed by atoms with E-state index in [0.29, 0.717) is 0 Å². The van der Waals surface area contributed by atoms with Crippen molar-refractivity contribution in [2.75, 3.05) is 19.8 Å². The van der Waals surface area contributed by atoms with Gasteiger partial charge in [0.05, 0.1) is 0 Å². The normalized spacial score (nSPS) is 12.6. The zero-order valence-corrected chi connectivity index (χ0v) is 10.4. The minimum atomic E-state index is 0.0530. The van der Waals surface area contributed by atoms with Gasteiger partial charge in [0.2, 0.25) is 0 Å². The van der Waals surface area contributed by atoms with Crippen molar-refractivity contribution in [2.45, 2.75) is 26.3 Å². The van der Waals surface area contributed by atoms with Gasteiger partial charge in [-0.15, -0.1) is 0 Å². The van der Waals surface area contributed by atoms with Gasteiger partial charge in [-0.3, -0.25) is 0 Å². The molecular weight excluding hydrogens is 218 g/mol. The van der Waals surface area contributed by atoms with Crippen molar-refractivity contribution in [2.24, 2.45) is 0 Å². The standard InChI is InChI=1S/C13H21NO3/c1-3-17-8-4-7-14-10(2)12-6-5-11(15)9-13(12)16/h5-6,9-10,14-16H,3-4,7-8H2,1-2H3. The van der Waals surface area contributed by atoms with Crippen LogP contribution in [-0.2, 0) is 4.74 Å². The molecule has 0 aromatic heterocycles. The van der Waals surface area contributed by atoms with Crippen molar-refractivity contribution in [1.29, 1.82) is 0 Å². The molecule has 17 heavy (non-hydrogen) atoms. The quantitative estimate of drug-likeness (QED) is 0.638. The van der Waals surface area contributed by atoms with Crippen LogP contribution >= 0.6 is 0 Å². The Labute approximate surface area is 102 Å². The lowest BCUT2D eigenvalue weighted by Gasteiger charge is -2.15. The van der Waals surface area contributed by atoms with E-state index in [9.17, 15) is 10.2 Å². The monoisotopic (exact) mass is 239 g/mol. The molecule has 1 aromatic carbocycles. The van der Waals surface area contributed by atoms with Gasteiger partial charge < -0.3 is 20.3 Å². The first kappa shape index (κ1) is 13.8. The smallest absolute Gasteiger partial charge is 0.124 e. The summed E-state index contributed by atoms with van der Waals surface area (Å²) >= 11 is 0. The third-order valence-corrected chi connectivity index (χ3v) is 2.60. The molecule has 1 rings (SSSR count). The molecule has 3 N–H and O–H groups in total. The fourth-order valence-corrected chi connectivity index (χ4v) is 1.65. The van der Waals surface area contributed by atoms with E-state index in [4.69, 9.17) is 4.74 Å². The number of nitrogens with one attached hydrogen (secondary N) is 1. The van der Waals surface area contributed by atoms with E-state index in [1.807, 2.05) is 13.8 Å². The maximum atomic E-state index is 9.68. The van der Waals surface area contributed by atoms with Crippen LogP contribution in [0, 0.1) is 0 Å². The summed E-state index contributed by atoms with van der Waals surface area (Å²) in [6, 6.07) is 4.71. The predicted octanol–water partition coefficient (Wildman–Crippen LogP) is 2.18. The highest BCUT2D eigenvalue weighted by atomic mass is 16.5. The summed E-state index contributed by atoms with van der Waals surface area (Å²) in [5, 5.41) is 22.2. The second-order valence-electron chi connectivity index (χ2n) is 3.97. The molecule has 1 atom stereocenters. The first-order valence-electron chi connectivity index (χ1n) is 5.98. The fourth-order valence-electron chi connectivity index (χ4n) is 1.65. The van der Waals surface area contributed by atoms with Crippen LogP contribution in [0.15, 0.2) is 18.2 Å². The minimum Gasteiger partial charge on any atom is -0.508 e. The van der Waals surface area contributed by atoms with Crippen LogP contribution in [0.2, 0.25) is 0 Å². The molecule has 4 heteroatoms. The highest BCUT2D eigenvalue weighted by Crippen LogP contribution is 2.27. The van der Waals surface area contributed by atoms with E-state index in [1.165, 1.54) is 6.07 Å². The Balaban J connectivity index is 2.38. The Kier molecular flexibility index (Phi) is 5.80. The van der Waals surface area contributed by atoms with Crippen molar-refractivity contribution < 1.29 is 14.9 Å². The average Bonchev–Trinajstić information content (AvgIpc) is 2.28. The Morgan fingerprint density at radius 1 is 1.35 bits per heavy atom. The van der Waals surface area contributed by atoms with Gasteiger partial charge in [0.1, 0.15) is 11.5 Å². The molecule has 0 bridgehead atoms. The Hall–Kier alpha value is -1.26. The molecule has 0 saturated carbocycles. The molecule has 0 heterocycles. The van der Waals surface area contributed by atoms with Crippen molar-refractivity contribution in [1.82, 2.24) is 5.32 Å². The zero-order chi connectivity index (χ0) is 12.7. The molecular formula is C13H21NO3. The number of hydrogen-bond donors (Lipinski definition) is 3. The summed E-state index contributed by atoms with van der Waals surface area (Å²) in [6.45, 7) is 6.28. The van der Waals surface area contributed by atoms with E-state index >= 15 is 0 Å². The molecule has 0 radical (unpaired) electrons. The maximum absolute atomic E-state index is 9.68. The third kappa shape index (κ3) is 4.63. The van der Waals surface area contributed by atoms with Crippen molar-refractivity contribution >= 4 is 0 Å². The van der Waals surface area contributed by atoms with Crippen molar-refractivity contribution in [3.8, 4) is 11.5 Å². The van der Waals surface area contributed by atoms with E-state index in [-0.39, 0.29) is 17.5 Å². The van der Waals surface area contributed by atoms with Gasteiger partial charge >= 0.3 is 0 Å². The molecule has 1 aromatic rings. The summed E-state index contributed by atoms with van der Waals surface area (Å²) < 4.78 is 5.24. The number of phenolic OH excluding ortho intramolecular Hbond substituents is 2. The van der Waals surface area contributed by atoms with Crippen LogP contribution in [0.1, 0.15) is 31.9 Å². The van der Waals surface area contributed by atoms with Crippen LogP contribution in [-0.4, -0.2) is 30.0 Å². The van der Waals surface area contributed by atoms with E-state index in [0.717, 1.165) is 31.7 Å². The lowest BCUT2D eigenvalue weighted by molar-refractivity contribution is 0.144. The first-order valence-corrected chi connectivity index (χ1v) is 5.98. The molecule has 0 saturated heterocycles. The van der Waals surface area contributed by atoms with E-state index in [2.05, 4.69) is 5.32 Å². The highest BCUT2D eigenvalue weighted by Gasteiger charge is 2.09. The van der Waals surface area contributed by atoms with E-state index in [1.54, 1.807) is 12.1 Å². The lowest BCUT2D eigenvalue weighted by Crippen LogP contribution is -2.21. The van der Waals surface area contributed by atoms with Gasteiger partial charge in [0.25, 0.3) is 0 Å². The fraction of sp³-hybridized carbons (Fsp3) is 0.538. The summed E-state index contributed by atoms with van der Waals surface area (Å²) in [7, 11) is 0. The minimum absolute atomic E-state index is 0.0530. The van der Waals surface area contributed by atoms with Crippen LogP contribution in [0.25, 0.3) is 0 Å². The number of phenols is 2. The van der Waals surface area contributed by atoms with Gasteiger partial charge in [0.15, 0.2) is 0 Å². The third-order valence-electron chi connectivity index (χ3n) is 2.60. The van der Waals surface area contributed by atoms with E-state index < -0.39 is 0 Å². The molecule has 0 aliphatic carbocycles. The summed E-state index contributed by atoms with van der Waals surface area (Å²) in [4.78, 5) is 0. The molecule has 0 aliphatic rings. The van der Waals surface area contributed by atoms with Gasteiger partial charge in [-0.2, -0.15) is 0 Å². The molecule has 0 amide bonds. The Morgan fingerprint density at radius 3 is 2.76 bits per heavy atom. The van der Waals surface area contributed by atoms with Crippen molar-refractivity contribution in [3.05, 3.63) is 23.8 Å². The number of hydrogen-bond acceptors (Lipinski definition) is 4. The maximum Gasteiger partial charge on any atom is 0.124 e. The molecule has 4 nitrogen and oxygen atoms in total. The number of benzene rings is 1. The van der Waals surface area contributed by atoms with Crippen LogP contribution in [0.3, 0.4) is 0 Å². The molecule has 0 aliphatic heterocycles. The van der Waals surface area contributed by atoms with Crippen LogP contribution < -0.4 is 5.32 Å². The predicted molar refractivity (Wildman–Crippen MR) is 67.3 cm³/mol. The highest BCUT2D eigenvalue weighted by molar-refractivity contribution is 5.40. The zero-order valence-electron chi connectivity index (χ0n) is 10.4. The summed E-state index contributed by atoms with van der Waals surface area (Å²) in [5.41, 5.74) is 0.791. The van der Waals surface area contributed by atoms with Crippen LogP contribution in [0.4, 0.5) is 0 Å². The average molecular weight is 239 g/mol. The molecule has 1 unspecified atom stereocenters. The van der Waals surface area contributed by atoms with Gasteiger partial charge in [-0.05, 0) is 32.9 Å². The lowest BCUT2D eigenvalue weighted by atomic mass is 10.1. The number of rotatable bonds is 7. The van der Waals surface area contributed by atoms with Gasteiger partial charge in [-0.25, -0.2) is 0 Å². The molecule has 0 fully saturated rings. The molecule has 96 valence electrons. The second kappa shape index (κ2) is 7.14. The number of aromatic hydroxyl groups is 2.